The Morgan fingerprint density at radius 3 is 2.61 bits per heavy atom. The fourth-order valence-electron chi connectivity index (χ4n) is 4.34. The van der Waals surface area contributed by atoms with Crippen LogP contribution < -0.4 is 15.0 Å². The highest BCUT2D eigenvalue weighted by Crippen LogP contribution is 2.38. The van der Waals surface area contributed by atoms with Crippen molar-refractivity contribution in [2.45, 2.75) is 32.4 Å². The number of imidazole rings is 1. The second kappa shape index (κ2) is 8.71. The van der Waals surface area contributed by atoms with Gasteiger partial charge in [-0.1, -0.05) is 6.07 Å². The fourth-order valence-corrected chi connectivity index (χ4v) is 4.34. The summed E-state index contributed by atoms with van der Waals surface area (Å²) in [6.07, 6.45) is 5.68. The van der Waals surface area contributed by atoms with Crippen LogP contribution in [0.5, 0.6) is 11.8 Å². The van der Waals surface area contributed by atoms with Gasteiger partial charge in [0, 0.05) is 23.2 Å². The van der Waals surface area contributed by atoms with Crippen LogP contribution in [0.4, 0.5) is 8.78 Å². The van der Waals surface area contributed by atoms with Crippen LogP contribution >= 0.6 is 0 Å². The zero-order valence-corrected chi connectivity index (χ0v) is 19.3. The SMILES string of the molecule is CCOc1ncc2cc(-c3ccc4ncn(C5CC5)c4c3)c(=O)n(-c3ccc(OC(F)F)cc3)c2n1. The molecule has 1 aliphatic carbocycles. The molecule has 36 heavy (non-hydrogen) atoms. The molecule has 3 aromatic heterocycles. The van der Waals surface area contributed by atoms with Crippen molar-refractivity contribution in [3.8, 4) is 28.6 Å². The van der Waals surface area contributed by atoms with Gasteiger partial charge in [0.25, 0.3) is 5.56 Å². The lowest BCUT2D eigenvalue weighted by Gasteiger charge is -2.14. The summed E-state index contributed by atoms with van der Waals surface area (Å²) < 4.78 is 38.8. The van der Waals surface area contributed by atoms with E-state index in [9.17, 15) is 13.6 Å². The molecule has 1 aliphatic rings. The van der Waals surface area contributed by atoms with Gasteiger partial charge in [-0.05, 0) is 67.8 Å². The minimum absolute atomic E-state index is 0.00863. The number of halogens is 2. The molecular formula is C26H21F2N5O3. The minimum atomic E-state index is -2.94. The molecule has 3 heterocycles. The number of hydrogen-bond donors (Lipinski definition) is 0. The third-order valence-electron chi connectivity index (χ3n) is 6.14. The molecule has 1 fully saturated rings. The molecule has 8 nitrogen and oxygen atoms in total. The van der Waals surface area contributed by atoms with E-state index in [2.05, 4.69) is 24.3 Å². The van der Waals surface area contributed by atoms with Crippen molar-refractivity contribution in [1.29, 1.82) is 0 Å². The molecule has 0 unspecified atom stereocenters. The highest BCUT2D eigenvalue weighted by atomic mass is 19.3. The normalized spacial score (nSPS) is 13.6. The van der Waals surface area contributed by atoms with Crippen LogP contribution in [-0.4, -0.2) is 37.3 Å². The number of pyridine rings is 1. The topological polar surface area (TPSA) is 84.1 Å². The molecule has 10 heteroatoms. The Morgan fingerprint density at radius 2 is 1.89 bits per heavy atom. The average molecular weight is 489 g/mol. The Bertz CT molecular complexity index is 1640. The van der Waals surface area contributed by atoms with Crippen molar-refractivity contribution < 1.29 is 18.3 Å². The van der Waals surface area contributed by atoms with E-state index in [1.807, 2.05) is 31.5 Å². The largest absolute Gasteiger partial charge is 0.464 e. The first-order chi connectivity index (χ1) is 17.5. The Morgan fingerprint density at radius 1 is 1.08 bits per heavy atom. The van der Waals surface area contributed by atoms with Gasteiger partial charge in [-0.3, -0.25) is 9.36 Å². The number of benzene rings is 2. The maximum absolute atomic E-state index is 13.9. The molecule has 0 amide bonds. The van der Waals surface area contributed by atoms with Crippen LogP contribution in [0.3, 0.4) is 0 Å². The summed E-state index contributed by atoms with van der Waals surface area (Å²) in [7, 11) is 0. The Hall–Kier alpha value is -4.34. The van der Waals surface area contributed by atoms with E-state index < -0.39 is 6.61 Å². The summed E-state index contributed by atoms with van der Waals surface area (Å²) in [4.78, 5) is 27.1. The molecule has 1 saturated carbocycles. The second-order valence-corrected chi connectivity index (χ2v) is 8.52. The second-order valence-electron chi connectivity index (χ2n) is 8.52. The third-order valence-corrected chi connectivity index (χ3v) is 6.14. The highest BCUT2D eigenvalue weighted by molar-refractivity contribution is 5.86. The third kappa shape index (κ3) is 3.94. The summed E-state index contributed by atoms with van der Waals surface area (Å²) in [6, 6.07) is 13.9. The summed E-state index contributed by atoms with van der Waals surface area (Å²) in [5, 5.41) is 0.622. The molecule has 5 aromatic rings. The number of aromatic nitrogens is 5. The number of nitrogens with zero attached hydrogens (tertiary/aromatic N) is 5. The van der Waals surface area contributed by atoms with Gasteiger partial charge in [0.2, 0.25) is 0 Å². The van der Waals surface area contributed by atoms with E-state index in [1.54, 1.807) is 12.3 Å². The highest BCUT2D eigenvalue weighted by Gasteiger charge is 2.25. The molecule has 182 valence electrons. The zero-order valence-electron chi connectivity index (χ0n) is 19.3. The van der Waals surface area contributed by atoms with Crippen LogP contribution in [0, 0.1) is 0 Å². The summed E-state index contributed by atoms with van der Waals surface area (Å²) in [5.74, 6) is -0.00863. The first-order valence-corrected chi connectivity index (χ1v) is 11.6. The van der Waals surface area contributed by atoms with E-state index in [-0.39, 0.29) is 17.3 Å². The molecular weight excluding hydrogens is 468 g/mol. The van der Waals surface area contributed by atoms with Gasteiger partial charge in [-0.2, -0.15) is 13.8 Å². The van der Waals surface area contributed by atoms with Crippen molar-refractivity contribution in [3.63, 3.8) is 0 Å². The standard InChI is InChI=1S/C26H21F2N5O3/c1-2-35-26-29-13-16-11-20(15-3-10-21-22(12-15)32(14-30-21)17-4-5-17)24(34)33(23(16)31-26)18-6-8-19(9-7-18)36-25(27)28/h3,6-14,17,25H,2,4-5H2,1H3. The van der Waals surface area contributed by atoms with Crippen LogP contribution in [0.15, 0.2) is 65.8 Å². The maximum atomic E-state index is 13.9. The summed E-state index contributed by atoms with van der Waals surface area (Å²) in [5.41, 5.74) is 3.49. The van der Waals surface area contributed by atoms with Crippen LogP contribution in [-0.2, 0) is 0 Å². The Balaban J connectivity index is 1.56. The average Bonchev–Trinajstić information content (AvgIpc) is 3.63. The monoisotopic (exact) mass is 489 g/mol. The van der Waals surface area contributed by atoms with Crippen molar-refractivity contribution in [2.24, 2.45) is 0 Å². The van der Waals surface area contributed by atoms with Crippen LogP contribution in [0.1, 0.15) is 25.8 Å². The van der Waals surface area contributed by atoms with Crippen LogP contribution in [0.25, 0.3) is 38.9 Å². The predicted molar refractivity (Wildman–Crippen MR) is 130 cm³/mol. The van der Waals surface area contributed by atoms with Crippen LogP contribution in [0.2, 0.25) is 0 Å². The van der Waals surface area contributed by atoms with Crippen molar-refractivity contribution >= 4 is 22.1 Å². The first kappa shape index (κ1) is 22.1. The lowest BCUT2D eigenvalue weighted by molar-refractivity contribution is -0.0498. The number of hydrogen-bond acceptors (Lipinski definition) is 6. The molecule has 2 aromatic carbocycles. The lowest BCUT2D eigenvalue weighted by Crippen LogP contribution is -2.21. The molecule has 0 aliphatic heterocycles. The smallest absolute Gasteiger partial charge is 0.387 e. The number of ether oxygens (including phenoxy) is 2. The molecule has 0 saturated heterocycles. The van der Waals surface area contributed by atoms with Gasteiger partial charge in [-0.25, -0.2) is 9.97 Å². The molecule has 0 radical (unpaired) electrons. The van der Waals surface area contributed by atoms with E-state index in [0.717, 1.165) is 29.4 Å². The van der Waals surface area contributed by atoms with Gasteiger partial charge in [0.1, 0.15) is 5.75 Å². The molecule has 0 atom stereocenters. The van der Waals surface area contributed by atoms with E-state index in [4.69, 9.17) is 4.74 Å². The van der Waals surface area contributed by atoms with E-state index in [1.165, 1.54) is 28.8 Å². The lowest BCUT2D eigenvalue weighted by atomic mass is 10.0. The Kier molecular flexibility index (Phi) is 5.36. The fraction of sp³-hybridized carbons (Fsp3) is 0.231. The number of alkyl halides is 2. The summed E-state index contributed by atoms with van der Waals surface area (Å²) >= 11 is 0. The van der Waals surface area contributed by atoms with Gasteiger partial charge >= 0.3 is 12.6 Å². The number of rotatable bonds is 7. The summed E-state index contributed by atoms with van der Waals surface area (Å²) in [6.45, 7) is -0.765. The minimum Gasteiger partial charge on any atom is -0.464 e. The van der Waals surface area contributed by atoms with Gasteiger partial charge in [-0.15, -0.1) is 0 Å². The quantitative estimate of drug-likeness (QED) is 0.315. The zero-order chi connectivity index (χ0) is 24.8. The van der Waals surface area contributed by atoms with Gasteiger partial charge in [0.15, 0.2) is 5.65 Å². The van der Waals surface area contributed by atoms with Crippen molar-refractivity contribution in [1.82, 2.24) is 24.1 Å². The molecule has 0 bridgehead atoms. The predicted octanol–water partition coefficient (Wildman–Crippen LogP) is 5.13. The number of fused-ring (bicyclic) bond motifs is 2. The molecule has 0 N–H and O–H groups in total. The Labute approximate surface area is 203 Å². The maximum Gasteiger partial charge on any atom is 0.387 e. The first-order valence-electron chi connectivity index (χ1n) is 11.6. The van der Waals surface area contributed by atoms with Gasteiger partial charge in [0.05, 0.1) is 29.7 Å². The van der Waals surface area contributed by atoms with Crippen molar-refractivity contribution in [3.05, 3.63) is 71.4 Å². The van der Waals surface area contributed by atoms with E-state index >= 15 is 0 Å². The molecule has 0 spiro atoms. The van der Waals surface area contributed by atoms with E-state index in [0.29, 0.717) is 34.9 Å². The van der Waals surface area contributed by atoms with Crippen molar-refractivity contribution in [2.75, 3.05) is 6.61 Å². The molecule has 6 rings (SSSR count). The van der Waals surface area contributed by atoms with Gasteiger partial charge < -0.3 is 14.0 Å².